The molecular formula is C22H32N2Se2. The summed E-state index contributed by atoms with van der Waals surface area (Å²) in [6, 6.07) is 18.2. The Morgan fingerprint density at radius 2 is 0.923 bits per heavy atom. The van der Waals surface area contributed by atoms with Crippen LogP contribution in [0, 0.1) is 0 Å². The fourth-order valence-electron chi connectivity index (χ4n) is 2.90. The number of hydrogen-bond donors (Lipinski definition) is 0. The second kappa shape index (κ2) is 12.0. The molecule has 0 radical (unpaired) electrons. The van der Waals surface area contributed by atoms with E-state index >= 15 is 0 Å². The third-order valence-electron chi connectivity index (χ3n) is 4.74. The van der Waals surface area contributed by atoms with Crippen LogP contribution in [0.25, 0.3) is 0 Å². The maximum atomic E-state index is 2.51. The van der Waals surface area contributed by atoms with Gasteiger partial charge in [0.2, 0.25) is 0 Å². The van der Waals surface area contributed by atoms with Gasteiger partial charge in [0.05, 0.1) is 0 Å². The van der Waals surface area contributed by atoms with Crippen molar-refractivity contribution >= 4 is 35.2 Å². The minimum atomic E-state index is 0.538. The van der Waals surface area contributed by atoms with Crippen molar-refractivity contribution in [2.24, 2.45) is 0 Å². The van der Waals surface area contributed by atoms with Crippen molar-refractivity contribution in [3.63, 3.8) is 0 Å². The first-order valence-electron chi connectivity index (χ1n) is 9.66. The molecular weight excluding hydrogens is 450 g/mol. The van der Waals surface area contributed by atoms with Crippen molar-refractivity contribution in [2.45, 2.75) is 40.8 Å². The molecule has 0 aliphatic carbocycles. The fourth-order valence-corrected chi connectivity index (χ4v) is 10.3. The zero-order valence-electron chi connectivity index (χ0n) is 16.6. The third kappa shape index (κ3) is 6.53. The van der Waals surface area contributed by atoms with Crippen LogP contribution < -0.4 is 8.92 Å². The summed E-state index contributed by atoms with van der Waals surface area (Å²) in [5.74, 6) is 0. The molecule has 0 aliphatic heterocycles. The molecule has 142 valence electrons. The van der Waals surface area contributed by atoms with E-state index in [-0.39, 0.29) is 0 Å². The van der Waals surface area contributed by atoms with Crippen molar-refractivity contribution < 1.29 is 0 Å². The molecule has 2 nitrogen and oxygen atoms in total. The van der Waals surface area contributed by atoms with Gasteiger partial charge in [-0.05, 0) is 0 Å². The van der Waals surface area contributed by atoms with Gasteiger partial charge in [0.25, 0.3) is 0 Å². The summed E-state index contributed by atoms with van der Waals surface area (Å²) >= 11 is 1.08. The molecule has 0 fully saturated rings. The van der Waals surface area contributed by atoms with E-state index in [0.717, 1.165) is 39.3 Å². The molecule has 0 saturated heterocycles. The predicted octanol–water partition coefficient (Wildman–Crippen LogP) is 2.64. The van der Waals surface area contributed by atoms with Crippen LogP contribution in [0.3, 0.4) is 0 Å². The van der Waals surface area contributed by atoms with Gasteiger partial charge in [-0.3, -0.25) is 0 Å². The molecule has 2 aromatic carbocycles. The van der Waals surface area contributed by atoms with E-state index < -0.39 is 0 Å². The Kier molecular flexibility index (Phi) is 9.99. The van der Waals surface area contributed by atoms with Crippen LogP contribution in [0.15, 0.2) is 48.5 Å². The molecule has 26 heavy (non-hydrogen) atoms. The first-order valence-corrected chi connectivity index (χ1v) is 15.7. The molecule has 2 aromatic rings. The third-order valence-corrected chi connectivity index (χ3v) is 12.2. The van der Waals surface area contributed by atoms with Crippen LogP contribution in [0.4, 0.5) is 0 Å². The molecule has 0 atom stereocenters. The Morgan fingerprint density at radius 1 is 0.577 bits per heavy atom. The Labute approximate surface area is 171 Å². The van der Waals surface area contributed by atoms with Crippen LogP contribution in [-0.2, 0) is 13.1 Å². The molecule has 4 heteroatoms. The number of hydrogen-bond acceptors (Lipinski definition) is 2. The van der Waals surface area contributed by atoms with Crippen LogP contribution in [0.2, 0.25) is 0 Å². The number of rotatable bonds is 11. The summed E-state index contributed by atoms with van der Waals surface area (Å²) in [5, 5.41) is 0. The molecule has 0 saturated carbocycles. The quantitative estimate of drug-likeness (QED) is 0.455. The molecule has 0 N–H and O–H groups in total. The topological polar surface area (TPSA) is 6.48 Å². The zero-order valence-corrected chi connectivity index (χ0v) is 20.0. The molecule has 0 aromatic heterocycles. The Balaban J connectivity index is 2.10. The number of nitrogens with zero attached hydrogens (tertiary/aromatic N) is 2. The van der Waals surface area contributed by atoms with Gasteiger partial charge >= 0.3 is 172 Å². The molecule has 0 aliphatic rings. The van der Waals surface area contributed by atoms with Crippen LogP contribution in [-0.4, -0.2) is 62.2 Å². The Bertz CT molecular complexity index is 595. The van der Waals surface area contributed by atoms with Gasteiger partial charge in [0.1, 0.15) is 0 Å². The van der Waals surface area contributed by atoms with Crippen LogP contribution in [0.5, 0.6) is 0 Å². The van der Waals surface area contributed by atoms with Crippen LogP contribution in [0.1, 0.15) is 38.8 Å². The van der Waals surface area contributed by atoms with Gasteiger partial charge in [-0.1, -0.05) is 0 Å². The Morgan fingerprint density at radius 3 is 1.27 bits per heavy atom. The first kappa shape index (κ1) is 21.7. The number of benzene rings is 2. The molecule has 0 spiro atoms. The van der Waals surface area contributed by atoms with E-state index in [1.165, 1.54) is 11.1 Å². The summed E-state index contributed by atoms with van der Waals surface area (Å²) in [6.45, 7) is 15.7. The first-order chi connectivity index (χ1) is 12.7. The standard InChI is InChI=1S/C22H32N2Se2/c1-5-23(6-2)17-19-13-9-11-15-21(19)25-26-22-16-12-10-14-20(22)18-24(7-3)8-4/h9-16H,5-8,17-18H2,1-4H3. The summed E-state index contributed by atoms with van der Waals surface area (Å²) in [5.41, 5.74) is 3.05. The molecule has 0 bridgehead atoms. The Hall–Kier alpha value is -0.601. The van der Waals surface area contributed by atoms with Gasteiger partial charge < -0.3 is 0 Å². The molecule has 0 heterocycles. The van der Waals surface area contributed by atoms with Gasteiger partial charge in [0, 0.05) is 0 Å². The van der Waals surface area contributed by atoms with Gasteiger partial charge in [0.15, 0.2) is 0 Å². The fraction of sp³-hybridized carbons (Fsp3) is 0.455. The average molecular weight is 482 g/mol. The molecule has 0 unspecified atom stereocenters. The van der Waals surface area contributed by atoms with Crippen molar-refractivity contribution in [1.82, 2.24) is 9.80 Å². The predicted molar refractivity (Wildman–Crippen MR) is 117 cm³/mol. The summed E-state index contributed by atoms with van der Waals surface area (Å²) in [7, 11) is 0. The van der Waals surface area contributed by atoms with E-state index in [1.807, 2.05) is 0 Å². The van der Waals surface area contributed by atoms with E-state index in [4.69, 9.17) is 0 Å². The van der Waals surface area contributed by atoms with Crippen molar-refractivity contribution in [3.8, 4) is 0 Å². The zero-order chi connectivity index (χ0) is 18.8. The normalized spacial score (nSPS) is 11.5. The summed E-state index contributed by atoms with van der Waals surface area (Å²) in [6.07, 6.45) is 0. The van der Waals surface area contributed by atoms with E-state index in [9.17, 15) is 0 Å². The van der Waals surface area contributed by atoms with Gasteiger partial charge in [-0.25, -0.2) is 0 Å². The maximum absolute atomic E-state index is 2.51. The monoisotopic (exact) mass is 484 g/mol. The molecule has 0 amide bonds. The molecule has 2 rings (SSSR count). The van der Waals surface area contributed by atoms with Gasteiger partial charge in [-0.15, -0.1) is 0 Å². The van der Waals surface area contributed by atoms with Crippen molar-refractivity contribution in [3.05, 3.63) is 59.7 Å². The second-order valence-corrected chi connectivity index (χ2v) is 12.5. The van der Waals surface area contributed by atoms with Gasteiger partial charge in [-0.2, -0.15) is 0 Å². The van der Waals surface area contributed by atoms with E-state index in [1.54, 1.807) is 8.92 Å². The van der Waals surface area contributed by atoms with E-state index in [2.05, 4.69) is 86.0 Å². The van der Waals surface area contributed by atoms with Crippen molar-refractivity contribution in [1.29, 1.82) is 0 Å². The van der Waals surface area contributed by atoms with E-state index in [0.29, 0.717) is 26.3 Å². The minimum absolute atomic E-state index is 0.538. The van der Waals surface area contributed by atoms with Crippen LogP contribution >= 0.6 is 0 Å². The summed E-state index contributed by atoms with van der Waals surface area (Å²) < 4.78 is 3.18. The second-order valence-electron chi connectivity index (χ2n) is 6.30. The summed E-state index contributed by atoms with van der Waals surface area (Å²) in [4.78, 5) is 5.02. The van der Waals surface area contributed by atoms with Crippen molar-refractivity contribution in [2.75, 3.05) is 26.2 Å². The average Bonchev–Trinajstić information content (AvgIpc) is 2.70. The SMILES string of the molecule is CCN(CC)Cc1ccccc1[Se][Se]c1ccccc1CN(CC)CC.